The van der Waals surface area contributed by atoms with Crippen molar-refractivity contribution in [1.82, 2.24) is 4.98 Å². The smallest absolute Gasteiger partial charge is 0.128 e. The number of hydrogen-bond acceptors (Lipinski definition) is 3. The molecule has 14 heavy (non-hydrogen) atoms. The molecule has 2 heterocycles. The first-order valence-corrected chi connectivity index (χ1v) is 5.11. The molecule has 1 fully saturated rings. The first-order chi connectivity index (χ1) is 6.75. The van der Waals surface area contributed by atoms with Crippen molar-refractivity contribution in [3.8, 4) is 0 Å². The van der Waals surface area contributed by atoms with E-state index in [1.165, 1.54) is 5.56 Å². The van der Waals surface area contributed by atoms with Crippen LogP contribution in [0.25, 0.3) is 0 Å². The number of hydrogen-bond donors (Lipinski definition) is 1. The molecule has 1 aliphatic rings. The lowest BCUT2D eigenvalue weighted by Crippen LogP contribution is -2.38. The summed E-state index contributed by atoms with van der Waals surface area (Å²) in [6.07, 6.45) is 3.61. The Balaban J connectivity index is 2.14. The lowest BCUT2D eigenvalue weighted by atomic mass is 10.1. The number of rotatable bonds is 1. The molecule has 0 radical (unpaired) electrons. The van der Waals surface area contributed by atoms with E-state index in [1.54, 1.807) is 0 Å². The van der Waals surface area contributed by atoms with Gasteiger partial charge in [0.25, 0.3) is 0 Å². The van der Waals surface area contributed by atoms with Crippen LogP contribution in [0.4, 0.5) is 5.82 Å². The lowest BCUT2D eigenvalue weighted by molar-refractivity contribution is 0.154. The Kier molecular flexibility index (Phi) is 2.68. The fraction of sp³-hybridized carbons (Fsp3) is 0.545. The average molecular weight is 192 g/mol. The molecule has 1 N–H and O–H groups in total. The first-order valence-electron chi connectivity index (χ1n) is 5.11. The maximum absolute atomic E-state index is 9.54. The van der Waals surface area contributed by atoms with Crippen LogP contribution in [-0.4, -0.2) is 29.3 Å². The molecule has 3 nitrogen and oxygen atoms in total. The molecule has 1 unspecified atom stereocenters. The van der Waals surface area contributed by atoms with E-state index in [-0.39, 0.29) is 6.10 Å². The number of nitrogens with zero attached hydrogens (tertiary/aromatic N) is 2. The molecule has 0 bridgehead atoms. The summed E-state index contributed by atoms with van der Waals surface area (Å²) in [5, 5.41) is 9.54. The predicted octanol–water partition coefficient (Wildman–Crippen LogP) is 1.35. The lowest BCUT2D eigenvalue weighted by Gasteiger charge is -2.31. The predicted molar refractivity (Wildman–Crippen MR) is 56.4 cm³/mol. The number of β-amino-alcohol motifs (C(OH)–C–C–N with tert-alkyl or cyclic N) is 1. The van der Waals surface area contributed by atoms with E-state index in [0.29, 0.717) is 0 Å². The minimum absolute atomic E-state index is 0.189. The summed E-state index contributed by atoms with van der Waals surface area (Å²) in [4.78, 5) is 6.47. The van der Waals surface area contributed by atoms with Crippen LogP contribution in [0.1, 0.15) is 18.4 Å². The maximum Gasteiger partial charge on any atom is 0.128 e. The van der Waals surface area contributed by atoms with Gasteiger partial charge in [0.1, 0.15) is 5.82 Å². The van der Waals surface area contributed by atoms with Crippen LogP contribution in [0.5, 0.6) is 0 Å². The molecule has 1 aliphatic heterocycles. The summed E-state index contributed by atoms with van der Waals surface area (Å²) in [6.45, 7) is 3.79. The van der Waals surface area contributed by atoms with Gasteiger partial charge in [-0.2, -0.15) is 0 Å². The van der Waals surface area contributed by atoms with Gasteiger partial charge in [0, 0.05) is 19.3 Å². The standard InChI is InChI=1S/C11H16N2O/c1-9-4-5-12-11(7-9)13-6-2-3-10(14)8-13/h4-5,7,10,14H,2-3,6,8H2,1H3. The molecule has 1 saturated heterocycles. The molecular formula is C11H16N2O. The van der Waals surface area contributed by atoms with E-state index >= 15 is 0 Å². The number of aromatic nitrogens is 1. The molecule has 1 atom stereocenters. The minimum atomic E-state index is -0.189. The van der Waals surface area contributed by atoms with Crippen molar-refractivity contribution in [2.24, 2.45) is 0 Å². The molecule has 0 aromatic carbocycles. The van der Waals surface area contributed by atoms with Crippen LogP contribution in [0.2, 0.25) is 0 Å². The van der Waals surface area contributed by atoms with E-state index in [9.17, 15) is 5.11 Å². The van der Waals surface area contributed by atoms with Crippen LogP contribution >= 0.6 is 0 Å². The second-order valence-electron chi connectivity index (χ2n) is 3.93. The van der Waals surface area contributed by atoms with Crippen LogP contribution in [-0.2, 0) is 0 Å². The maximum atomic E-state index is 9.54. The quantitative estimate of drug-likeness (QED) is 0.729. The third-order valence-corrected chi connectivity index (χ3v) is 2.62. The van der Waals surface area contributed by atoms with E-state index in [4.69, 9.17) is 0 Å². The molecular weight excluding hydrogens is 176 g/mol. The molecule has 3 heteroatoms. The minimum Gasteiger partial charge on any atom is -0.391 e. The topological polar surface area (TPSA) is 36.4 Å². The molecule has 1 aromatic heterocycles. The molecule has 76 valence electrons. The van der Waals surface area contributed by atoms with Crippen LogP contribution < -0.4 is 4.90 Å². The van der Waals surface area contributed by atoms with Crippen molar-refractivity contribution in [2.75, 3.05) is 18.0 Å². The number of anilines is 1. The summed E-state index contributed by atoms with van der Waals surface area (Å²) in [6, 6.07) is 4.06. The van der Waals surface area contributed by atoms with Gasteiger partial charge in [0.05, 0.1) is 6.10 Å². The molecule has 0 saturated carbocycles. The van der Waals surface area contributed by atoms with Crippen molar-refractivity contribution in [3.63, 3.8) is 0 Å². The highest BCUT2D eigenvalue weighted by Crippen LogP contribution is 2.18. The van der Waals surface area contributed by atoms with Crippen LogP contribution in [0.3, 0.4) is 0 Å². The van der Waals surface area contributed by atoms with Gasteiger partial charge in [-0.3, -0.25) is 0 Å². The Hall–Kier alpha value is -1.09. The van der Waals surface area contributed by atoms with Gasteiger partial charge in [-0.15, -0.1) is 0 Å². The highest BCUT2D eigenvalue weighted by Gasteiger charge is 2.18. The fourth-order valence-corrected chi connectivity index (χ4v) is 1.86. The average Bonchev–Trinajstić information content (AvgIpc) is 2.18. The van der Waals surface area contributed by atoms with Gasteiger partial charge in [-0.05, 0) is 37.5 Å². The van der Waals surface area contributed by atoms with Gasteiger partial charge in [-0.25, -0.2) is 4.98 Å². The number of pyridine rings is 1. The van der Waals surface area contributed by atoms with Gasteiger partial charge < -0.3 is 10.0 Å². The highest BCUT2D eigenvalue weighted by atomic mass is 16.3. The highest BCUT2D eigenvalue weighted by molar-refractivity contribution is 5.41. The van der Waals surface area contributed by atoms with Crippen molar-refractivity contribution in [2.45, 2.75) is 25.9 Å². The summed E-state index contributed by atoms with van der Waals surface area (Å²) >= 11 is 0. The Labute approximate surface area is 84.4 Å². The monoisotopic (exact) mass is 192 g/mol. The third kappa shape index (κ3) is 2.04. The first kappa shape index (κ1) is 9.46. The van der Waals surface area contributed by atoms with Crippen molar-refractivity contribution in [3.05, 3.63) is 23.9 Å². The largest absolute Gasteiger partial charge is 0.391 e. The number of piperidine rings is 1. The number of aliphatic hydroxyl groups is 1. The van der Waals surface area contributed by atoms with E-state index in [0.717, 1.165) is 31.7 Å². The van der Waals surface area contributed by atoms with Crippen molar-refractivity contribution < 1.29 is 5.11 Å². The molecule has 1 aromatic rings. The number of aliphatic hydroxyl groups excluding tert-OH is 1. The van der Waals surface area contributed by atoms with Crippen molar-refractivity contribution >= 4 is 5.82 Å². The van der Waals surface area contributed by atoms with E-state index in [2.05, 4.69) is 22.9 Å². The van der Waals surface area contributed by atoms with Gasteiger partial charge in [-0.1, -0.05) is 0 Å². The number of aryl methyl sites for hydroxylation is 1. The fourth-order valence-electron chi connectivity index (χ4n) is 1.86. The summed E-state index contributed by atoms with van der Waals surface area (Å²) in [5.74, 6) is 0.990. The van der Waals surface area contributed by atoms with Crippen LogP contribution in [0, 0.1) is 6.92 Å². The second kappa shape index (κ2) is 3.96. The van der Waals surface area contributed by atoms with Gasteiger partial charge in [0.15, 0.2) is 0 Å². The molecule has 0 spiro atoms. The Bertz CT molecular complexity index is 314. The molecule has 0 amide bonds. The third-order valence-electron chi connectivity index (χ3n) is 2.62. The van der Waals surface area contributed by atoms with Gasteiger partial charge >= 0.3 is 0 Å². The zero-order valence-electron chi connectivity index (χ0n) is 8.48. The normalized spacial score (nSPS) is 22.4. The second-order valence-corrected chi connectivity index (χ2v) is 3.93. The summed E-state index contributed by atoms with van der Waals surface area (Å²) < 4.78 is 0. The zero-order chi connectivity index (χ0) is 9.97. The summed E-state index contributed by atoms with van der Waals surface area (Å²) in [5.41, 5.74) is 1.22. The van der Waals surface area contributed by atoms with E-state index < -0.39 is 0 Å². The Morgan fingerprint density at radius 2 is 2.43 bits per heavy atom. The Morgan fingerprint density at radius 3 is 3.14 bits per heavy atom. The Morgan fingerprint density at radius 1 is 1.57 bits per heavy atom. The van der Waals surface area contributed by atoms with Gasteiger partial charge in [0.2, 0.25) is 0 Å². The zero-order valence-corrected chi connectivity index (χ0v) is 8.48. The van der Waals surface area contributed by atoms with Crippen molar-refractivity contribution in [1.29, 1.82) is 0 Å². The van der Waals surface area contributed by atoms with E-state index in [1.807, 2.05) is 12.3 Å². The van der Waals surface area contributed by atoms with Crippen LogP contribution in [0.15, 0.2) is 18.3 Å². The SMILES string of the molecule is Cc1ccnc(N2CCCC(O)C2)c1. The molecule has 0 aliphatic carbocycles. The molecule has 2 rings (SSSR count). The summed E-state index contributed by atoms with van der Waals surface area (Å²) in [7, 11) is 0.